The molecule has 1 saturated carbocycles. The van der Waals surface area contributed by atoms with Gasteiger partial charge in [0.2, 0.25) is 0 Å². The molecule has 2 aromatic rings. The third-order valence-electron chi connectivity index (χ3n) is 6.70. The number of rotatable bonds is 8. The first-order chi connectivity index (χ1) is 14.0. The van der Waals surface area contributed by atoms with Crippen molar-refractivity contribution >= 4 is 11.6 Å². The molecule has 1 aliphatic rings. The van der Waals surface area contributed by atoms with Gasteiger partial charge >= 0.3 is 0 Å². The number of unbranched alkanes of at least 4 members (excludes halogenated alkanes) is 2. The van der Waals surface area contributed by atoms with Crippen LogP contribution in [-0.2, 0) is 6.42 Å². The van der Waals surface area contributed by atoms with Crippen molar-refractivity contribution in [2.75, 3.05) is 0 Å². The third kappa shape index (κ3) is 6.04. The average molecular weight is 419 g/mol. The second-order valence-electron chi connectivity index (χ2n) is 8.90. The van der Waals surface area contributed by atoms with Crippen LogP contribution in [0.15, 0.2) is 36.4 Å². The van der Waals surface area contributed by atoms with Gasteiger partial charge < -0.3 is 0 Å². The molecule has 1 unspecified atom stereocenters. The second kappa shape index (κ2) is 10.6. The Labute approximate surface area is 179 Å². The first-order valence-electron chi connectivity index (χ1n) is 11.2. The zero-order valence-corrected chi connectivity index (χ0v) is 18.4. The Morgan fingerprint density at radius 1 is 0.966 bits per heavy atom. The quantitative estimate of drug-likeness (QED) is 0.375. The molecule has 0 aliphatic heterocycles. The van der Waals surface area contributed by atoms with Crippen LogP contribution in [-0.4, -0.2) is 0 Å². The van der Waals surface area contributed by atoms with Crippen LogP contribution in [0, 0.1) is 29.4 Å². The van der Waals surface area contributed by atoms with Crippen molar-refractivity contribution in [3.63, 3.8) is 0 Å². The molecule has 0 radical (unpaired) electrons. The van der Waals surface area contributed by atoms with E-state index in [1.165, 1.54) is 63.5 Å². The first kappa shape index (κ1) is 22.3. The lowest BCUT2D eigenvalue weighted by Crippen LogP contribution is -2.21. The van der Waals surface area contributed by atoms with Crippen LogP contribution in [0.3, 0.4) is 0 Å². The summed E-state index contributed by atoms with van der Waals surface area (Å²) in [5, 5.41) is 0.556. The van der Waals surface area contributed by atoms with Crippen LogP contribution in [0.1, 0.15) is 70.8 Å². The summed E-state index contributed by atoms with van der Waals surface area (Å²) in [4.78, 5) is 0. The van der Waals surface area contributed by atoms with E-state index in [1.807, 2.05) is 0 Å². The standard InChI is InChI=1S/C26H33ClF2/c1-3-4-5-6-19-7-9-21(10-8-19)18(2)15-20-16-24(28)26(25(29)17-20)22-11-13-23(27)14-12-22/h11-14,16-19,21H,3-10,15H2,1-2H3. The van der Waals surface area contributed by atoms with Gasteiger partial charge in [-0.15, -0.1) is 0 Å². The lowest BCUT2D eigenvalue weighted by Gasteiger charge is -2.32. The van der Waals surface area contributed by atoms with Crippen molar-refractivity contribution in [1.82, 2.24) is 0 Å². The van der Waals surface area contributed by atoms with Gasteiger partial charge in [0.1, 0.15) is 11.6 Å². The maximum atomic E-state index is 14.7. The Balaban J connectivity index is 1.60. The number of hydrogen-bond donors (Lipinski definition) is 0. The third-order valence-corrected chi connectivity index (χ3v) is 6.96. The van der Waals surface area contributed by atoms with Gasteiger partial charge in [0, 0.05) is 5.02 Å². The van der Waals surface area contributed by atoms with E-state index in [2.05, 4.69) is 13.8 Å². The van der Waals surface area contributed by atoms with Crippen molar-refractivity contribution in [3.05, 3.63) is 58.6 Å². The highest BCUT2D eigenvalue weighted by Crippen LogP contribution is 2.37. The van der Waals surface area contributed by atoms with Crippen LogP contribution in [0.4, 0.5) is 8.78 Å². The summed E-state index contributed by atoms with van der Waals surface area (Å²) in [6.45, 7) is 4.50. The molecule has 1 fully saturated rings. The fourth-order valence-corrected chi connectivity index (χ4v) is 5.03. The average Bonchev–Trinajstić information content (AvgIpc) is 2.69. The Kier molecular flexibility index (Phi) is 8.12. The summed E-state index contributed by atoms with van der Waals surface area (Å²) < 4.78 is 29.4. The van der Waals surface area contributed by atoms with Gasteiger partial charge in [-0.25, -0.2) is 8.78 Å². The molecule has 29 heavy (non-hydrogen) atoms. The van der Waals surface area contributed by atoms with E-state index in [1.54, 1.807) is 24.3 Å². The van der Waals surface area contributed by atoms with Gasteiger partial charge in [0.25, 0.3) is 0 Å². The van der Waals surface area contributed by atoms with Crippen molar-refractivity contribution in [1.29, 1.82) is 0 Å². The van der Waals surface area contributed by atoms with Gasteiger partial charge in [-0.2, -0.15) is 0 Å². The van der Waals surface area contributed by atoms with Gasteiger partial charge in [-0.1, -0.05) is 76.1 Å². The van der Waals surface area contributed by atoms with Gasteiger partial charge in [-0.05, 0) is 72.4 Å². The summed E-state index contributed by atoms with van der Waals surface area (Å²) in [6.07, 6.45) is 11.2. The Morgan fingerprint density at radius 2 is 1.59 bits per heavy atom. The molecule has 3 rings (SSSR count). The molecule has 1 atom stereocenters. The summed E-state index contributed by atoms with van der Waals surface area (Å²) in [5.41, 5.74) is 1.31. The minimum absolute atomic E-state index is 0.0330. The summed E-state index contributed by atoms with van der Waals surface area (Å²) in [6, 6.07) is 9.66. The molecule has 0 N–H and O–H groups in total. The number of benzene rings is 2. The molecule has 0 bridgehead atoms. The number of hydrogen-bond acceptors (Lipinski definition) is 0. The van der Waals surface area contributed by atoms with Crippen LogP contribution in [0.2, 0.25) is 5.02 Å². The van der Waals surface area contributed by atoms with Crippen LogP contribution in [0.5, 0.6) is 0 Å². The molecule has 0 saturated heterocycles. The Bertz CT molecular complexity index is 753. The van der Waals surface area contributed by atoms with E-state index in [-0.39, 0.29) is 5.56 Å². The molecule has 0 aromatic heterocycles. The highest BCUT2D eigenvalue weighted by atomic mass is 35.5. The van der Waals surface area contributed by atoms with Crippen molar-refractivity contribution in [2.24, 2.45) is 17.8 Å². The molecule has 0 spiro atoms. The Morgan fingerprint density at radius 3 is 2.17 bits per heavy atom. The van der Waals surface area contributed by atoms with Gasteiger partial charge in [0.15, 0.2) is 0 Å². The zero-order chi connectivity index (χ0) is 20.8. The summed E-state index contributed by atoms with van der Waals surface area (Å²) in [7, 11) is 0. The minimum Gasteiger partial charge on any atom is -0.206 e. The molecule has 0 nitrogen and oxygen atoms in total. The van der Waals surface area contributed by atoms with Crippen molar-refractivity contribution in [2.45, 2.75) is 71.6 Å². The van der Waals surface area contributed by atoms with Crippen LogP contribution >= 0.6 is 11.6 Å². The maximum absolute atomic E-state index is 14.7. The molecule has 0 heterocycles. The molecular formula is C26H33ClF2. The van der Waals surface area contributed by atoms with Gasteiger partial charge in [-0.3, -0.25) is 0 Å². The van der Waals surface area contributed by atoms with E-state index in [4.69, 9.17) is 11.6 Å². The predicted molar refractivity (Wildman–Crippen MR) is 119 cm³/mol. The Hall–Kier alpha value is -1.41. The highest BCUT2D eigenvalue weighted by Gasteiger charge is 2.25. The molecule has 2 aromatic carbocycles. The smallest absolute Gasteiger partial charge is 0.134 e. The minimum atomic E-state index is -0.492. The largest absolute Gasteiger partial charge is 0.206 e. The fourth-order valence-electron chi connectivity index (χ4n) is 4.90. The maximum Gasteiger partial charge on any atom is 0.134 e. The van der Waals surface area contributed by atoms with E-state index < -0.39 is 11.6 Å². The van der Waals surface area contributed by atoms with E-state index >= 15 is 0 Å². The second-order valence-corrected chi connectivity index (χ2v) is 9.34. The first-order valence-corrected chi connectivity index (χ1v) is 11.6. The molecule has 1 aliphatic carbocycles. The summed E-state index contributed by atoms with van der Waals surface area (Å²) in [5.74, 6) is 1.02. The molecule has 158 valence electrons. The predicted octanol–water partition coefficient (Wildman–Crippen LogP) is 8.85. The number of halogens is 3. The van der Waals surface area contributed by atoms with Crippen LogP contribution in [0.25, 0.3) is 11.1 Å². The van der Waals surface area contributed by atoms with Crippen LogP contribution < -0.4 is 0 Å². The monoisotopic (exact) mass is 418 g/mol. The van der Waals surface area contributed by atoms with Gasteiger partial charge in [0.05, 0.1) is 5.56 Å². The lowest BCUT2D eigenvalue weighted by atomic mass is 9.73. The SMILES string of the molecule is CCCCCC1CCC(C(C)Cc2cc(F)c(-c3ccc(Cl)cc3)c(F)c2)CC1. The molecule has 3 heteroatoms. The normalized spacial score (nSPS) is 20.6. The molecule has 0 amide bonds. The lowest BCUT2D eigenvalue weighted by molar-refractivity contribution is 0.204. The van der Waals surface area contributed by atoms with Crippen molar-refractivity contribution in [3.8, 4) is 11.1 Å². The topological polar surface area (TPSA) is 0 Å². The van der Waals surface area contributed by atoms with E-state index in [0.717, 1.165) is 17.9 Å². The van der Waals surface area contributed by atoms with E-state index in [9.17, 15) is 8.78 Å². The molecular weight excluding hydrogens is 386 g/mol. The zero-order valence-electron chi connectivity index (χ0n) is 17.7. The van der Waals surface area contributed by atoms with Crippen molar-refractivity contribution < 1.29 is 8.78 Å². The summed E-state index contributed by atoms with van der Waals surface area (Å²) >= 11 is 5.89. The van der Waals surface area contributed by atoms with E-state index in [0.29, 0.717) is 22.4 Å². The highest BCUT2D eigenvalue weighted by molar-refractivity contribution is 6.30. The fraction of sp³-hybridized carbons (Fsp3) is 0.538.